The fraction of sp³-hybridized carbons (Fsp3) is 0.100. The lowest BCUT2D eigenvalue weighted by atomic mass is 10.2. The van der Waals surface area contributed by atoms with Crippen LogP contribution in [0.25, 0.3) is 0 Å². The zero-order chi connectivity index (χ0) is 14.9. The van der Waals surface area contributed by atoms with E-state index in [1.54, 1.807) is 0 Å². The molecule has 0 fully saturated rings. The van der Waals surface area contributed by atoms with E-state index in [4.69, 9.17) is 0 Å². The molecule has 0 saturated heterocycles. The Morgan fingerprint density at radius 2 is 2.15 bits per heavy atom. The molecule has 20 heavy (non-hydrogen) atoms. The maximum atomic E-state index is 13.5. The first-order valence-electron chi connectivity index (χ1n) is 5.18. The molecule has 1 heterocycles. The SMILES string of the molecule is Cc1cc(S(=O)(=O)Nc2cnoc2)cc([N+](=O)[O-])c1F. The summed E-state index contributed by atoms with van der Waals surface area (Å²) in [6, 6.07) is 1.65. The van der Waals surface area contributed by atoms with Crippen molar-refractivity contribution in [2.45, 2.75) is 11.8 Å². The van der Waals surface area contributed by atoms with Crippen LogP contribution < -0.4 is 4.72 Å². The Kier molecular flexibility index (Phi) is 3.40. The van der Waals surface area contributed by atoms with Crippen molar-refractivity contribution in [3.05, 3.63) is 46.1 Å². The van der Waals surface area contributed by atoms with Gasteiger partial charge in [-0.25, -0.2) is 8.42 Å². The third kappa shape index (κ3) is 2.59. The molecule has 1 aromatic carbocycles. The Labute approximate surface area is 112 Å². The van der Waals surface area contributed by atoms with E-state index < -0.39 is 31.3 Å². The summed E-state index contributed by atoms with van der Waals surface area (Å²) in [5, 5.41) is 14.0. The van der Waals surface area contributed by atoms with Crippen LogP contribution in [0.3, 0.4) is 0 Å². The normalized spacial score (nSPS) is 11.3. The number of sulfonamides is 1. The molecule has 2 aromatic rings. The second kappa shape index (κ2) is 4.89. The summed E-state index contributed by atoms with van der Waals surface area (Å²) in [6.45, 7) is 1.24. The predicted molar refractivity (Wildman–Crippen MR) is 65.1 cm³/mol. The molecule has 0 saturated carbocycles. The number of halogens is 1. The minimum Gasteiger partial charge on any atom is -0.362 e. The van der Waals surface area contributed by atoms with Crippen LogP contribution in [0.5, 0.6) is 0 Å². The molecule has 1 aromatic heterocycles. The topological polar surface area (TPSA) is 115 Å². The second-order valence-electron chi connectivity index (χ2n) is 3.85. The average Bonchev–Trinajstić information content (AvgIpc) is 2.83. The molecule has 0 unspecified atom stereocenters. The highest BCUT2D eigenvalue weighted by Gasteiger charge is 2.24. The van der Waals surface area contributed by atoms with Gasteiger partial charge in [0.1, 0.15) is 12.0 Å². The molecule has 0 radical (unpaired) electrons. The molecule has 0 aliphatic rings. The van der Waals surface area contributed by atoms with Gasteiger partial charge in [-0.15, -0.1) is 0 Å². The number of aryl methyl sites for hydroxylation is 1. The van der Waals surface area contributed by atoms with Gasteiger partial charge in [-0.1, -0.05) is 5.16 Å². The number of nitrogens with one attached hydrogen (secondary N) is 1. The van der Waals surface area contributed by atoms with Crippen LogP contribution >= 0.6 is 0 Å². The van der Waals surface area contributed by atoms with Gasteiger partial charge in [-0.05, 0) is 18.6 Å². The number of nitro groups is 1. The molecule has 8 nitrogen and oxygen atoms in total. The Morgan fingerprint density at radius 1 is 1.45 bits per heavy atom. The molecule has 106 valence electrons. The molecule has 0 spiro atoms. The first kappa shape index (κ1) is 13.9. The lowest BCUT2D eigenvalue weighted by molar-refractivity contribution is -0.387. The van der Waals surface area contributed by atoms with Crippen LogP contribution in [-0.4, -0.2) is 18.5 Å². The second-order valence-corrected chi connectivity index (χ2v) is 5.53. The fourth-order valence-corrected chi connectivity index (χ4v) is 2.60. The third-order valence-electron chi connectivity index (χ3n) is 2.40. The summed E-state index contributed by atoms with van der Waals surface area (Å²) in [5.74, 6) is -1.07. The summed E-state index contributed by atoms with van der Waals surface area (Å²) >= 11 is 0. The minimum atomic E-state index is -4.10. The summed E-state index contributed by atoms with van der Waals surface area (Å²) in [7, 11) is -4.10. The van der Waals surface area contributed by atoms with Crippen LogP contribution in [-0.2, 0) is 10.0 Å². The predicted octanol–water partition coefficient (Wildman–Crippen LogP) is 1.83. The minimum absolute atomic E-state index is 0.0506. The lowest BCUT2D eigenvalue weighted by Crippen LogP contribution is -2.13. The van der Waals surface area contributed by atoms with Gasteiger partial charge in [-0.3, -0.25) is 14.8 Å². The van der Waals surface area contributed by atoms with Crippen LogP contribution in [0.4, 0.5) is 15.8 Å². The zero-order valence-electron chi connectivity index (χ0n) is 10.0. The first-order valence-corrected chi connectivity index (χ1v) is 6.66. The Balaban J connectivity index is 2.49. The Bertz CT molecular complexity index is 757. The van der Waals surface area contributed by atoms with Crippen molar-refractivity contribution in [3.63, 3.8) is 0 Å². The highest BCUT2D eigenvalue weighted by Crippen LogP contribution is 2.26. The highest BCUT2D eigenvalue weighted by atomic mass is 32.2. The summed E-state index contributed by atoms with van der Waals surface area (Å²) in [4.78, 5) is 9.28. The van der Waals surface area contributed by atoms with E-state index in [2.05, 4.69) is 14.4 Å². The zero-order valence-corrected chi connectivity index (χ0v) is 10.8. The van der Waals surface area contributed by atoms with E-state index in [1.807, 2.05) is 0 Å². The van der Waals surface area contributed by atoms with E-state index in [0.29, 0.717) is 6.07 Å². The quantitative estimate of drug-likeness (QED) is 0.680. The van der Waals surface area contributed by atoms with E-state index >= 15 is 0 Å². The van der Waals surface area contributed by atoms with Crippen LogP contribution in [0, 0.1) is 22.9 Å². The van der Waals surface area contributed by atoms with Gasteiger partial charge >= 0.3 is 5.69 Å². The van der Waals surface area contributed by atoms with Crippen molar-refractivity contribution in [1.29, 1.82) is 0 Å². The molecular weight excluding hydrogens is 293 g/mol. The molecule has 0 bridgehead atoms. The smallest absolute Gasteiger partial charge is 0.306 e. The molecule has 0 aliphatic carbocycles. The molecule has 0 aliphatic heterocycles. The van der Waals surface area contributed by atoms with Crippen LogP contribution in [0.1, 0.15) is 5.56 Å². The van der Waals surface area contributed by atoms with Crippen molar-refractivity contribution >= 4 is 21.4 Å². The number of anilines is 1. The van der Waals surface area contributed by atoms with Crippen molar-refractivity contribution in [1.82, 2.24) is 5.16 Å². The maximum absolute atomic E-state index is 13.5. The first-order chi connectivity index (χ1) is 9.31. The monoisotopic (exact) mass is 301 g/mol. The highest BCUT2D eigenvalue weighted by molar-refractivity contribution is 7.92. The van der Waals surface area contributed by atoms with Crippen molar-refractivity contribution in [2.24, 2.45) is 0 Å². The standard InChI is InChI=1S/C10H8FN3O5S/c1-6-2-8(3-9(10(6)11)14(15)16)20(17,18)13-7-4-12-19-5-7/h2-5,13H,1H3. The van der Waals surface area contributed by atoms with Crippen molar-refractivity contribution < 1.29 is 22.3 Å². The van der Waals surface area contributed by atoms with Gasteiger partial charge in [0.05, 0.1) is 16.0 Å². The van der Waals surface area contributed by atoms with E-state index in [1.165, 1.54) is 6.92 Å². The Morgan fingerprint density at radius 3 is 2.70 bits per heavy atom. The molecule has 2 rings (SSSR count). The van der Waals surface area contributed by atoms with Gasteiger partial charge < -0.3 is 4.52 Å². The molecule has 0 atom stereocenters. The summed E-state index contributed by atoms with van der Waals surface area (Å²) < 4.78 is 44.1. The van der Waals surface area contributed by atoms with Gasteiger partial charge in [0.25, 0.3) is 10.0 Å². The number of rotatable bonds is 4. The number of hydrogen-bond acceptors (Lipinski definition) is 6. The van der Waals surface area contributed by atoms with Crippen molar-refractivity contribution in [3.8, 4) is 0 Å². The molecular formula is C10H8FN3O5S. The van der Waals surface area contributed by atoms with Crippen molar-refractivity contribution in [2.75, 3.05) is 4.72 Å². The van der Waals surface area contributed by atoms with E-state index in [0.717, 1.165) is 18.5 Å². The van der Waals surface area contributed by atoms with Gasteiger partial charge in [-0.2, -0.15) is 4.39 Å². The summed E-state index contributed by atoms with van der Waals surface area (Å²) in [6.07, 6.45) is 2.16. The number of aromatic nitrogens is 1. The Hall–Kier alpha value is -2.49. The molecule has 10 heteroatoms. The van der Waals surface area contributed by atoms with Gasteiger partial charge in [0.2, 0.25) is 5.82 Å². The third-order valence-corrected chi connectivity index (χ3v) is 3.76. The van der Waals surface area contributed by atoms with E-state index in [9.17, 15) is 22.9 Å². The largest absolute Gasteiger partial charge is 0.362 e. The number of hydrogen-bond donors (Lipinski definition) is 1. The lowest BCUT2D eigenvalue weighted by Gasteiger charge is -2.07. The van der Waals surface area contributed by atoms with Crippen LogP contribution in [0.2, 0.25) is 0 Å². The number of nitro benzene ring substituents is 1. The number of benzene rings is 1. The molecule has 0 amide bonds. The summed E-state index contributed by atoms with van der Waals surface area (Å²) in [5.41, 5.74) is -1.00. The van der Waals surface area contributed by atoms with Gasteiger partial charge in [0, 0.05) is 6.07 Å². The van der Waals surface area contributed by atoms with Crippen LogP contribution in [0.15, 0.2) is 34.0 Å². The number of nitrogens with zero attached hydrogens (tertiary/aromatic N) is 2. The maximum Gasteiger partial charge on any atom is 0.306 e. The average molecular weight is 301 g/mol. The van der Waals surface area contributed by atoms with E-state index in [-0.39, 0.29) is 11.3 Å². The fourth-order valence-electron chi connectivity index (χ4n) is 1.48. The molecule has 1 N–H and O–H groups in total. The van der Waals surface area contributed by atoms with Gasteiger partial charge in [0.15, 0.2) is 0 Å².